The van der Waals surface area contributed by atoms with E-state index in [0.29, 0.717) is 12.8 Å². The van der Waals surface area contributed by atoms with Crippen LogP contribution in [0, 0.1) is 0 Å². The molecule has 0 bridgehead atoms. The molecule has 0 radical (unpaired) electrons. The lowest BCUT2D eigenvalue weighted by molar-refractivity contribution is -0.164. The fourth-order valence-corrected chi connectivity index (χ4v) is 3.17. The Morgan fingerprint density at radius 3 is 2.12 bits per heavy atom. The predicted octanol–water partition coefficient (Wildman–Crippen LogP) is 0.486. The van der Waals surface area contributed by atoms with Gasteiger partial charge < -0.3 is 5.11 Å². The predicted molar refractivity (Wildman–Crippen MR) is 58.0 cm³/mol. The third kappa shape index (κ3) is 1.61. The third-order valence-electron chi connectivity index (χ3n) is 3.21. The molecule has 0 unspecified atom stereocenters. The highest BCUT2D eigenvalue weighted by molar-refractivity contribution is 8.00. The van der Waals surface area contributed by atoms with Crippen LogP contribution >= 0.6 is 11.8 Å². The fourth-order valence-electron chi connectivity index (χ4n) is 2.46. The summed E-state index contributed by atoms with van der Waals surface area (Å²) in [6, 6.07) is 0. The van der Waals surface area contributed by atoms with Crippen LogP contribution in [0.5, 0.6) is 0 Å². The minimum atomic E-state index is -1.25. The molecule has 2 fully saturated rings. The maximum atomic E-state index is 11.7. The van der Waals surface area contributed by atoms with Gasteiger partial charge in [-0.05, 0) is 12.8 Å². The van der Waals surface area contributed by atoms with Crippen molar-refractivity contribution < 1.29 is 19.5 Å². The molecule has 1 N–H and O–H groups in total. The molecule has 2 rings (SSSR count). The molecule has 2 amide bonds. The van der Waals surface area contributed by atoms with Gasteiger partial charge in [0.25, 0.3) is 0 Å². The number of carbonyl (C=O) groups excluding carboxylic acids is 2. The van der Waals surface area contributed by atoms with Crippen molar-refractivity contribution >= 4 is 29.5 Å². The molecule has 1 aliphatic heterocycles. The summed E-state index contributed by atoms with van der Waals surface area (Å²) in [6.45, 7) is 0. The number of thioether (sulfide) groups is 1. The molecule has 5 nitrogen and oxygen atoms in total. The van der Waals surface area contributed by atoms with Crippen molar-refractivity contribution in [3.63, 3.8) is 0 Å². The Balaban J connectivity index is 2.35. The maximum Gasteiger partial charge on any atom is 0.330 e. The first-order valence-electron chi connectivity index (χ1n) is 5.25. The summed E-state index contributed by atoms with van der Waals surface area (Å²) in [5.41, 5.74) is -1.25. The average Bonchev–Trinajstić information content (AvgIpc) is 2.67. The molecular formula is C10H13NO4S. The van der Waals surface area contributed by atoms with Crippen LogP contribution in [-0.2, 0) is 14.4 Å². The van der Waals surface area contributed by atoms with E-state index in [0.717, 1.165) is 17.7 Å². The molecule has 1 saturated heterocycles. The van der Waals surface area contributed by atoms with Crippen molar-refractivity contribution in [3.05, 3.63) is 0 Å². The lowest BCUT2D eigenvalue weighted by atomic mass is 9.95. The summed E-state index contributed by atoms with van der Waals surface area (Å²) in [6.07, 6.45) is 2.31. The largest absolute Gasteiger partial charge is 0.479 e. The van der Waals surface area contributed by atoms with Gasteiger partial charge in [-0.1, -0.05) is 12.8 Å². The molecule has 0 spiro atoms. The van der Waals surface area contributed by atoms with E-state index in [1.54, 1.807) is 0 Å². The van der Waals surface area contributed by atoms with E-state index < -0.39 is 11.5 Å². The Morgan fingerprint density at radius 2 is 1.69 bits per heavy atom. The Kier molecular flexibility index (Phi) is 2.92. The van der Waals surface area contributed by atoms with E-state index in [9.17, 15) is 19.5 Å². The number of hydrogen-bond donors (Lipinski definition) is 1. The smallest absolute Gasteiger partial charge is 0.330 e. The van der Waals surface area contributed by atoms with Crippen molar-refractivity contribution in [1.29, 1.82) is 0 Å². The summed E-state index contributed by atoms with van der Waals surface area (Å²) in [5, 5.41) is 9.30. The van der Waals surface area contributed by atoms with Gasteiger partial charge in [-0.2, -0.15) is 0 Å². The minimum Gasteiger partial charge on any atom is -0.479 e. The molecule has 0 aromatic carbocycles. The summed E-state index contributed by atoms with van der Waals surface area (Å²) < 4.78 is 0. The molecule has 0 atom stereocenters. The lowest BCUT2D eigenvalue weighted by Gasteiger charge is -2.38. The second kappa shape index (κ2) is 4.08. The highest BCUT2D eigenvalue weighted by atomic mass is 32.2. The van der Waals surface area contributed by atoms with Crippen molar-refractivity contribution in [2.24, 2.45) is 0 Å². The Morgan fingerprint density at radius 1 is 1.19 bits per heavy atom. The molecule has 6 heteroatoms. The molecule has 1 aliphatic carbocycles. The number of rotatable bonds is 2. The summed E-state index contributed by atoms with van der Waals surface area (Å²) in [7, 11) is 0. The second-order valence-corrected chi connectivity index (χ2v) is 5.15. The topological polar surface area (TPSA) is 74.7 Å². The average molecular weight is 243 g/mol. The van der Waals surface area contributed by atoms with Crippen LogP contribution in [0.2, 0.25) is 0 Å². The Hall–Kier alpha value is -1.04. The molecular weight excluding hydrogens is 230 g/mol. The number of amides is 2. The van der Waals surface area contributed by atoms with Crippen LogP contribution in [0.25, 0.3) is 0 Å². The van der Waals surface area contributed by atoms with Crippen LogP contribution in [-0.4, -0.2) is 44.8 Å². The van der Waals surface area contributed by atoms with Crippen molar-refractivity contribution in [3.8, 4) is 0 Å². The van der Waals surface area contributed by atoms with Crippen LogP contribution in [0.15, 0.2) is 0 Å². The first-order chi connectivity index (χ1) is 7.58. The Bertz CT molecular complexity index is 333. The molecule has 0 aromatic heterocycles. The maximum absolute atomic E-state index is 11.7. The number of nitrogens with zero attached hydrogens (tertiary/aromatic N) is 1. The molecule has 1 saturated carbocycles. The van der Waals surface area contributed by atoms with Crippen molar-refractivity contribution in [2.75, 3.05) is 11.5 Å². The molecule has 16 heavy (non-hydrogen) atoms. The van der Waals surface area contributed by atoms with Gasteiger partial charge >= 0.3 is 5.97 Å². The van der Waals surface area contributed by atoms with Gasteiger partial charge in [0.1, 0.15) is 5.54 Å². The van der Waals surface area contributed by atoms with Gasteiger partial charge in [0.15, 0.2) is 0 Å². The standard InChI is InChI=1S/C10H13NO4S/c12-7-5-16-6-8(13)11(7)10(9(14)15)3-1-2-4-10/h1-6H2,(H,14,15). The molecule has 88 valence electrons. The van der Waals surface area contributed by atoms with Gasteiger partial charge in [0, 0.05) is 0 Å². The first-order valence-corrected chi connectivity index (χ1v) is 6.40. The van der Waals surface area contributed by atoms with Crippen LogP contribution < -0.4 is 0 Å². The summed E-state index contributed by atoms with van der Waals surface area (Å²) >= 11 is 1.25. The zero-order chi connectivity index (χ0) is 11.8. The quantitative estimate of drug-likeness (QED) is 0.714. The molecule has 0 aromatic rings. The van der Waals surface area contributed by atoms with E-state index in [4.69, 9.17) is 0 Å². The normalized spacial score (nSPS) is 24.9. The highest BCUT2D eigenvalue weighted by Crippen LogP contribution is 2.37. The highest BCUT2D eigenvalue weighted by Gasteiger charge is 2.52. The van der Waals surface area contributed by atoms with E-state index in [1.165, 1.54) is 11.8 Å². The fraction of sp³-hybridized carbons (Fsp3) is 0.700. The monoisotopic (exact) mass is 243 g/mol. The first kappa shape index (κ1) is 11.4. The van der Waals surface area contributed by atoms with E-state index in [-0.39, 0.29) is 23.3 Å². The molecule has 2 aliphatic rings. The Labute approximate surface area is 97.2 Å². The van der Waals surface area contributed by atoms with Crippen LogP contribution in [0.1, 0.15) is 25.7 Å². The van der Waals surface area contributed by atoms with Crippen molar-refractivity contribution in [2.45, 2.75) is 31.2 Å². The van der Waals surface area contributed by atoms with Gasteiger partial charge in [-0.3, -0.25) is 14.5 Å². The number of imide groups is 1. The zero-order valence-corrected chi connectivity index (χ0v) is 9.59. The van der Waals surface area contributed by atoms with Crippen LogP contribution in [0.4, 0.5) is 0 Å². The number of carboxylic acid groups (broad SMARTS) is 1. The number of carbonyl (C=O) groups is 3. The lowest BCUT2D eigenvalue weighted by Crippen LogP contribution is -2.60. The van der Waals surface area contributed by atoms with Crippen LogP contribution in [0.3, 0.4) is 0 Å². The second-order valence-electron chi connectivity index (χ2n) is 4.16. The number of carboxylic acids is 1. The van der Waals surface area contributed by atoms with E-state index in [1.807, 2.05) is 0 Å². The van der Waals surface area contributed by atoms with E-state index >= 15 is 0 Å². The van der Waals surface area contributed by atoms with Gasteiger partial charge in [-0.15, -0.1) is 11.8 Å². The van der Waals surface area contributed by atoms with Crippen molar-refractivity contribution in [1.82, 2.24) is 4.90 Å². The zero-order valence-electron chi connectivity index (χ0n) is 8.77. The van der Waals surface area contributed by atoms with E-state index in [2.05, 4.69) is 0 Å². The minimum absolute atomic E-state index is 0.209. The third-order valence-corrected chi connectivity index (χ3v) is 4.11. The number of hydrogen-bond acceptors (Lipinski definition) is 4. The summed E-state index contributed by atoms with van der Waals surface area (Å²) in [4.78, 5) is 35.8. The molecule has 1 heterocycles. The van der Waals surface area contributed by atoms with Gasteiger partial charge in [-0.25, -0.2) is 4.79 Å². The van der Waals surface area contributed by atoms with Gasteiger partial charge in [0.2, 0.25) is 11.8 Å². The van der Waals surface area contributed by atoms with Gasteiger partial charge in [0.05, 0.1) is 11.5 Å². The SMILES string of the molecule is O=C1CSCC(=O)N1C1(C(=O)O)CCCC1. The summed E-state index contributed by atoms with van der Waals surface area (Å²) in [5.74, 6) is -1.34. The number of aliphatic carboxylic acids is 1.